The molecule has 4 heteroatoms. The number of phenols is 1. The lowest BCUT2D eigenvalue weighted by Crippen LogP contribution is -2.22. The first kappa shape index (κ1) is 41.1. The van der Waals surface area contributed by atoms with Crippen molar-refractivity contribution in [3.63, 3.8) is 0 Å². The van der Waals surface area contributed by atoms with E-state index in [1.165, 1.54) is 138 Å². The average molecular weight is 653 g/mol. The Kier molecular flexibility index (Phi) is 21.6. The van der Waals surface area contributed by atoms with E-state index in [0.717, 1.165) is 11.1 Å². The quantitative estimate of drug-likeness (QED) is 0.0837. The molecular weight excluding hydrogens is 581 g/mol. The molecule has 1 aromatic carbocycles. The van der Waals surface area contributed by atoms with E-state index in [4.69, 9.17) is 0 Å². The van der Waals surface area contributed by atoms with Gasteiger partial charge in [-0.15, -0.1) is 35.3 Å². The summed E-state index contributed by atoms with van der Waals surface area (Å²) in [5, 5.41) is 11.6. The van der Waals surface area contributed by atoms with Crippen molar-refractivity contribution in [1.29, 1.82) is 0 Å². The molecule has 1 N–H and O–H groups in total. The van der Waals surface area contributed by atoms with Gasteiger partial charge in [0, 0.05) is 0 Å². The van der Waals surface area contributed by atoms with Crippen molar-refractivity contribution >= 4 is 35.3 Å². The number of thioether (sulfide) groups is 3. The van der Waals surface area contributed by atoms with Crippen LogP contribution in [-0.4, -0.2) is 22.4 Å². The van der Waals surface area contributed by atoms with Crippen LogP contribution >= 0.6 is 35.3 Å². The SMILES string of the molecule is CCCCCCCCSC(SCCCCCCCC)(SCCCCCCCC)c1cc(C(C)(C)C)c(O)c(C(C)(C)C)c1. The molecule has 0 amide bonds. The van der Waals surface area contributed by atoms with Crippen molar-refractivity contribution in [3.8, 4) is 5.75 Å². The number of rotatable bonds is 25. The molecule has 0 radical (unpaired) electrons. The lowest BCUT2D eigenvalue weighted by Gasteiger charge is -2.36. The van der Waals surface area contributed by atoms with Gasteiger partial charge in [0.1, 0.15) is 9.16 Å². The number of hydrogen-bond donors (Lipinski definition) is 1. The molecule has 1 nitrogen and oxygen atoms in total. The highest BCUT2D eigenvalue weighted by molar-refractivity contribution is 8.32. The topological polar surface area (TPSA) is 20.2 Å². The Morgan fingerprint density at radius 2 is 0.744 bits per heavy atom. The summed E-state index contributed by atoms with van der Waals surface area (Å²) in [4.78, 5) is 0. The van der Waals surface area contributed by atoms with Gasteiger partial charge in [-0.1, -0.05) is 159 Å². The maximum absolute atomic E-state index is 11.6. The molecule has 1 rings (SSSR count). The zero-order valence-corrected chi connectivity index (χ0v) is 32.6. The predicted molar refractivity (Wildman–Crippen MR) is 205 cm³/mol. The van der Waals surface area contributed by atoms with Gasteiger partial charge in [0.25, 0.3) is 0 Å². The smallest absolute Gasteiger partial charge is 0.132 e. The van der Waals surface area contributed by atoms with Crippen LogP contribution < -0.4 is 0 Å². The van der Waals surface area contributed by atoms with E-state index in [0.29, 0.717) is 5.75 Å². The van der Waals surface area contributed by atoms with E-state index < -0.39 is 0 Å². The second-order valence-corrected chi connectivity index (χ2v) is 19.5. The molecule has 252 valence electrons. The fourth-order valence-electron chi connectivity index (χ4n) is 5.60. The van der Waals surface area contributed by atoms with Crippen molar-refractivity contribution < 1.29 is 5.11 Å². The molecule has 0 aliphatic heterocycles. The fourth-order valence-corrected chi connectivity index (χ4v) is 10.8. The maximum atomic E-state index is 11.6. The third-order valence-electron chi connectivity index (χ3n) is 8.45. The minimum Gasteiger partial charge on any atom is -0.507 e. The van der Waals surface area contributed by atoms with Crippen LogP contribution in [0.3, 0.4) is 0 Å². The lowest BCUT2D eigenvalue weighted by atomic mass is 9.78. The molecular formula is C39H72OS3. The van der Waals surface area contributed by atoms with Gasteiger partial charge >= 0.3 is 0 Å². The second kappa shape index (κ2) is 22.6. The van der Waals surface area contributed by atoms with Crippen LogP contribution in [0, 0.1) is 0 Å². The molecule has 0 unspecified atom stereocenters. The average Bonchev–Trinajstić information content (AvgIpc) is 2.94. The van der Waals surface area contributed by atoms with Crippen molar-refractivity contribution in [2.75, 3.05) is 17.3 Å². The first-order valence-electron chi connectivity index (χ1n) is 18.2. The summed E-state index contributed by atoms with van der Waals surface area (Å²) in [5.74, 6) is 4.17. The van der Waals surface area contributed by atoms with Crippen molar-refractivity contribution in [2.45, 2.75) is 192 Å². The summed E-state index contributed by atoms with van der Waals surface area (Å²) in [7, 11) is 0. The van der Waals surface area contributed by atoms with E-state index in [9.17, 15) is 5.11 Å². The van der Waals surface area contributed by atoms with E-state index in [1.807, 2.05) is 0 Å². The summed E-state index contributed by atoms with van der Waals surface area (Å²) in [5.41, 5.74) is 3.44. The number of unbranched alkanes of at least 4 members (excludes halogenated alkanes) is 15. The minimum absolute atomic E-state index is 0.0239. The van der Waals surface area contributed by atoms with Gasteiger partial charge in [-0.05, 0) is 76.2 Å². The zero-order valence-electron chi connectivity index (χ0n) is 30.2. The Morgan fingerprint density at radius 3 is 1.02 bits per heavy atom. The van der Waals surface area contributed by atoms with E-state index >= 15 is 0 Å². The molecule has 0 saturated heterocycles. The van der Waals surface area contributed by atoms with Crippen molar-refractivity contribution in [1.82, 2.24) is 0 Å². The summed E-state index contributed by atoms with van der Waals surface area (Å²) >= 11 is 6.66. The van der Waals surface area contributed by atoms with Gasteiger partial charge in [0.15, 0.2) is 0 Å². The third kappa shape index (κ3) is 16.5. The van der Waals surface area contributed by atoms with Crippen LogP contribution in [0.25, 0.3) is 0 Å². The summed E-state index contributed by atoms with van der Waals surface area (Å²) in [6.45, 7) is 20.5. The van der Waals surface area contributed by atoms with Crippen LogP contribution in [0.2, 0.25) is 0 Å². The molecule has 0 bridgehead atoms. The van der Waals surface area contributed by atoms with Gasteiger partial charge in [-0.2, -0.15) is 0 Å². The molecule has 43 heavy (non-hydrogen) atoms. The zero-order chi connectivity index (χ0) is 32.2. The fraction of sp³-hybridized carbons (Fsp3) is 0.846. The predicted octanol–water partition coefficient (Wildman–Crippen LogP) is 14.4. The van der Waals surface area contributed by atoms with Crippen LogP contribution in [0.15, 0.2) is 12.1 Å². The van der Waals surface area contributed by atoms with Gasteiger partial charge in [-0.25, -0.2) is 0 Å². The molecule has 0 atom stereocenters. The first-order valence-corrected chi connectivity index (χ1v) is 21.2. The van der Waals surface area contributed by atoms with Crippen molar-refractivity contribution in [2.24, 2.45) is 0 Å². The Bertz CT molecular complexity index is 755. The Morgan fingerprint density at radius 1 is 0.465 bits per heavy atom. The van der Waals surface area contributed by atoms with Crippen LogP contribution in [0.1, 0.15) is 195 Å². The standard InChI is InChI=1S/C39H72OS3/c1-10-13-16-19-22-25-28-41-39(42-29-26-23-20-17-14-11-2,43-30-27-24-21-18-15-12-3)33-31-34(37(4,5)6)36(40)35(32-33)38(7,8)9/h31-32,40H,10-30H2,1-9H3. The first-order chi connectivity index (χ1) is 20.4. The summed E-state index contributed by atoms with van der Waals surface area (Å²) in [6, 6.07) is 4.81. The van der Waals surface area contributed by atoms with E-state index in [-0.39, 0.29) is 14.2 Å². The molecule has 0 saturated carbocycles. The lowest BCUT2D eigenvalue weighted by molar-refractivity contribution is 0.423. The monoisotopic (exact) mass is 652 g/mol. The largest absolute Gasteiger partial charge is 0.507 e. The Hall–Kier alpha value is 0.0700. The molecule has 0 aliphatic carbocycles. The van der Waals surface area contributed by atoms with Gasteiger partial charge in [-0.3, -0.25) is 0 Å². The van der Waals surface area contributed by atoms with Crippen molar-refractivity contribution in [3.05, 3.63) is 28.8 Å². The summed E-state index contributed by atoms with van der Waals surface area (Å²) in [6.07, 6.45) is 24.3. The molecule has 0 spiro atoms. The highest BCUT2D eigenvalue weighted by Crippen LogP contribution is 2.58. The third-order valence-corrected chi connectivity index (χ3v) is 13.9. The number of hydrogen-bond acceptors (Lipinski definition) is 4. The van der Waals surface area contributed by atoms with Crippen LogP contribution in [-0.2, 0) is 14.2 Å². The molecule has 0 fully saturated rings. The highest BCUT2D eigenvalue weighted by atomic mass is 32.3. The Labute approximate surface area is 283 Å². The Balaban J connectivity index is 3.38. The summed E-state index contributed by atoms with van der Waals surface area (Å²) < 4.78 is -0.0239. The maximum Gasteiger partial charge on any atom is 0.132 e. The number of phenolic OH excluding ortho intramolecular Hbond substituents is 1. The molecule has 0 aliphatic rings. The highest BCUT2D eigenvalue weighted by Gasteiger charge is 2.37. The number of aromatic hydroxyl groups is 1. The van der Waals surface area contributed by atoms with E-state index in [2.05, 4.69) is 110 Å². The minimum atomic E-state index is -0.107. The molecule has 0 aromatic heterocycles. The molecule has 1 aromatic rings. The van der Waals surface area contributed by atoms with Crippen LogP contribution in [0.5, 0.6) is 5.75 Å². The molecule has 0 heterocycles. The van der Waals surface area contributed by atoms with Crippen LogP contribution in [0.4, 0.5) is 0 Å². The van der Waals surface area contributed by atoms with Gasteiger partial charge in [0.2, 0.25) is 0 Å². The number of benzene rings is 1. The second-order valence-electron chi connectivity index (χ2n) is 14.8. The van der Waals surface area contributed by atoms with Gasteiger partial charge in [0.05, 0.1) is 0 Å². The van der Waals surface area contributed by atoms with E-state index in [1.54, 1.807) is 0 Å². The normalized spacial score (nSPS) is 12.8. The van der Waals surface area contributed by atoms with Gasteiger partial charge < -0.3 is 5.11 Å².